The van der Waals surface area contributed by atoms with Gasteiger partial charge in [-0.1, -0.05) is 72.4 Å². The van der Waals surface area contributed by atoms with Crippen LogP contribution in [0.5, 0.6) is 0 Å². The van der Waals surface area contributed by atoms with Crippen molar-refractivity contribution >= 4 is 181 Å². The summed E-state index contributed by atoms with van der Waals surface area (Å²) in [6.07, 6.45) is 42.0. The smallest absolute Gasteiger partial charge is 0.0452 e. The summed E-state index contributed by atoms with van der Waals surface area (Å²) < 4.78 is 50.1. The number of hydrogen-bond acceptors (Lipinski definition) is 21. The van der Waals surface area contributed by atoms with E-state index in [0.717, 1.165) is 119 Å². The van der Waals surface area contributed by atoms with Crippen LogP contribution in [0.15, 0.2) is 30.0 Å². The number of nitrogens with one attached hydrogen (secondary N) is 1. The molecule has 0 aromatic heterocycles. The zero-order valence-corrected chi connectivity index (χ0v) is 66.5. The van der Waals surface area contributed by atoms with Gasteiger partial charge in [0.05, 0.1) is 39.5 Å². The molecular weight excluding hydrogens is 1860 g/mol. The van der Waals surface area contributed by atoms with Crippen LogP contribution in [0.1, 0.15) is 183 Å². The predicted octanol–water partition coefficient (Wildman–Crippen LogP) is 18.2. The van der Waals surface area contributed by atoms with Crippen LogP contribution < -0.4 is 0 Å². The van der Waals surface area contributed by atoms with Crippen LogP contribution in [0.3, 0.4) is 0 Å². The summed E-state index contributed by atoms with van der Waals surface area (Å²) in [4.78, 5) is 84.0. The second kappa shape index (κ2) is 58.3. The number of nitrogens with zero attached hydrogens (tertiary/aromatic N) is 10. The maximum atomic E-state index is 10.3. The van der Waals surface area contributed by atoms with E-state index in [-0.39, 0.29) is 63.0 Å². The van der Waals surface area contributed by atoms with Gasteiger partial charge >= 0.3 is 34.0 Å². The molecule has 8 fully saturated rings. The molecule has 0 heterocycles. The van der Waals surface area contributed by atoms with Gasteiger partial charge in [-0.15, -0.1) is 24.0 Å². The van der Waals surface area contributed by atoms with E-state index in [0.29, 0.717) is 86.4 Å². The molecule has 0 saturated heterocycles. The molecule has 8 aliphatic rings. The van der Waals surface area contributed by atoms with Crippen molar-refractivity contribution in [2.24, 2.45) is 112 Å². The quantitative estimate of drug-likeness (QED) is 0.0154. The van der Waals surface area contributed by atoms with Crippen molar-refractivity contribution < 1.29 is 63.2 Å². The van der Waals surface area contributed by atoms with Gasteiger partial charge in [0.15, 0.2) is 0 Å². The molecule has 0 spiro atoms. The second-order valence-electron chi connectivity index (χ2n) is 25.0. The molecule has 91 heavy (non-hydrogen) atoms. The van der Waals surface area contributed by atoms with E-state index in [9.17, 15) is 28.8 Å². The predicted molar refractivity (Wildman–Crippen MR) is 420 cm³/mol. The summed E-state index contributed by atoms with van der Waals surface area (Å²) in [5.74, 6) is 8.35. The van der Waals surface area contributed by atoms with Crippen molar-refractivity contribution in [3.8, 4) is 25.0 Å². The third-order valence-electron chi connectivity index (χ3n) is 18.8. The Hall–Kier alpha value is -1.89. The summed E-state index contributed by atoms with van der Waals surface area (Å²) >= 11 is 9.63. The molecule has 0 aromatic rings. The molecule has 8 aliphatic carbocycles. The number of ether oxygens (including phenoxy) is 4. The zero-order valence-electron chi connectivity index (χ0n) is 57.5. The first-order valence-corrected chi connectivity index (χ1v) is 41.0. The Kier molecular flexibility index (Phi) is 52.2. The van der Waals surface area contributed by atoms with Crippen molar-refractivity contribution in [2.75, 3.05) is 55.8 Å². The molecule has 29 heteroatoms. The number of nitriles is 4. The minimum atomic E-state index is -0.697. The van der Waals surface area contributed by atoms with Crippen molar-refractivity contribution in [1.82, 2.24) is 0 Å². The Morgan fingerprint density at radius 1 is 0.648 bits per heavy atom. The number of isocyanates is 6. The molecule has 0 amide bonds. The monoisotopic (exact) mass is 1980 g/mol. The number of unbranched alkanes of at least 4 members (excludes halogenated alkanes) is 3. The third kappa shape index (κ3) is 38.6. The van der Waals surface area contributed by atoms with Crippen LogP contribution >= 0.6 is 139 Å². The molecule has 520 valence electrons. The Labute approximate surface area is 644 Å². The minimum absolute atomic E-state index is 0. The average molecular weight is 1980 g/mol. The Balaban J connectivity index is -0.000000144. The number of fused-ring (bicyclic) bond motifs is 7. The molecule has 13 unspecified atom stereocenters. The van der Waals surface area contributed by atoms with E-state index in [4.69, 9.17) is 42.1 Å². The van der Waals surface area contributed by atoms with E-state index in [1.54, 1.807) is 71.8 Å². The molecule has 1 N–H and O–H groups in total. The molecule has 0 aliphatic heterocycles. The number of hydrogen-bond donors (Lipinski definition) is 1. The van der Waals surface area contributed by atoms with Gasteiger partial charge in [-0.2, -0.15) is 21.0 Å². The molecule has 8 rings (SSSR count). The summed E-state index contributed by atoms with van der Waals surface area (Å²) in [6.45, 7) is 10.4. The fraction of sp³-hybridized carbons (Fsp3) is 0.839. The normalized spacial score (nSPS) is 30.6. The first kappa shape index (κ1) is 81.5. The van der Waals surface area contributed by atoms with Gasteiger partial charge in [-0.05, 0) is 277 Å². The van der Waals surface area contributed by atoms with Crippen LogP contribution in [0.2, 0.25) is 1.41 Å². The van der Waals surface area contributed by atoms with Gasteiger partial charge in [0, 0.05) is 17.9 Å². The number of aliphatic imine (C=N–C) groups is 6. The summed E-state index contributed by atoms with van der Waals surface area (Å²) in [6, 6.07) is 0.238. The largest absolute Gasteiger partial charge is 0.0801 e. The zero-order chi connectivity index (χ0) is 71.3. The van der Waals surface area contributed by atoms with E-state index in [1.165, 1.54) is 75.2 Å². The van der Waals surface area contributed by atoms with E-state index < -0.39 is 8.69 Å². The molecule has 0 aromatic carbocycles. The number of alkyl halides is 2. The SMILES string of the molecule is CC1(C)CC(N=C=O)CC(C)(CN=C=O)C1.I.N#COC1CCC(CC2CCC(N=C=O)CC2)CC1.N#COCC1CC2CC1C1CCC(CN=C=O)C21.N#COCC1CC2CC1CC2CN=C=O.N#COCCCCCCN=C=O.[2H]C([3H])I.[2H]CI.[2H]N=BI.[2H]P(I)I.[HH].[HH].[HH].[HH].[HH].[HH].[HH]. The van der Waals surface area contributed by atoms with Crippen LogP contribution in [-0.2, 0) is 47.7 Å². The van der Waals surface area contributed by atoms with Crippen LogP contribution in [0, 0.1) is 133 Å². The van der Waals surface area contributed by atoms with E-state index in [2.05, 4.69) is 105 Å². The Bertz CT molecular complexity index is 2660. The number of carbonyl (C=O) groups excluding carboxylic acids is 6. The maximum Gasteiger partial charge on any atom is 0.0801 e. The fourth-order valence-electron chi connectivity index (χ4n) is 15.9. The number of rotatable bonds is 22. The van der Waals surface area contributed by atoms with Crippen molar-refractivity contribution in [3.63, 3.8) is 0 Å². The van der Waals surface area contributed by atoms with Gasteiger partial charge in [0.2, 0.25) is 36.5 Å². The Morgan fingerprint density at radius 2 is 1.16 bits per heavy atom. The molecule has 4 bridgehead atoms. The van der Waals surface area contributed by atoms with Gasteiger partial charge in [0.25, 0.3) is 25.0 Å². The maximum absolute atomic E-state index is 10.3. The van der Waals surface area contributed by atoms with E-state index in [1.807, 2.05) is 51.2 Å². The van der Waals surface area contributed by atoms with Crippen LogP contribution in [0.25, 0.3) is 0 Å². The van der Waals surface area contributed by atoms with Crippen molar-refractivity contribution in [2.45, 2.75) is 187 Å². The Morgan fingerprint density at radius 3 is 1.69 bits per heavy atom. The molecular formula is C62H107BI6N11O10P. The first-order valence-electron chi connectivity index (χ1n) is 33.2. The van der Waals surface area contributed by atoms with Crippen LogP contribution in [0.4, 0.5) is 0 Å². The first-order chi connectivity index (χ1) is 45.6. The van der Waals surface area contributed by atoms with Gasteiger partial charge in [0.1, 0.15) is 25.9 Å². The van der Waals surface area contributed by atoms with Crippen molar-refractivity contribution in [1.29, 1.82) is 27.6 Å². The molecule has 8 saturated carbocycles. The molecule has 0 radical (unpaired) electrons. The minimum Gasteiger partial charge on any atom is -0.0452 e. The van der Waals surface area contributed by atoms with Gasteiger partial charge in [-0.25, -0.2) is 58.7 Å². The van der Waals surface area contributed by atoms with Crippen molar-refractivity contribution in [3.05, 3.63) is 0 Å². The van der Waals surface area contributed by atoms with E-state index >= 15 is 0 Å². The van der Waals surface area contributed by atoms with Gasteiger partial charge < -0.3 is 18.9 Å². The number of halogens is 6. The molecule has 13 atom stereocenters. The van der Waals surface area contributed by atoms with Gasteiger partial charge in [-0.3, -0.25) is 0 Å². The standard InChI is InChI=1S/C15H22N2O2.C14H18N2O2.C12H18N2O2.C11H14N2O2.C8H12N2O2.2CH3I.BHIN.HI2P.HI.7H2/c16-10-19-15-7-3-13(4-8-15)9-12-1-5-14(6-2-12)17-11-18;15-7-18-6-11-3-10-4-13(11)12-2-1-9(14(10)12)5-16-8-17;1-11(2)4-10(14-9-16)5-12(3,6-11)7-13-8-15;12-6-15-5-11-3-8-1-9(11)2-10(8)4-13-7-14;9-7-12-6-4-2-1-3-5-10-8-11;2*1-2;2-1-3;1-3-2;;;;;;;;/h12-15H,1-9H2;9-14H,1-6H2;10H,4-7H2,1-3H3;8-11H,1-5H2;1-6H2;2*1H3;2*3H;8*1H/i;;;;;1TD;1D;2*3D;;;;;;;;. The summed E-state index contributed by atoms with van der Waals surface area (Å²) in [5, 5.41) is 36.2. The van der Waals surface area contributed by atoms with Crippen LogP contribution in [-0.4, -0.2) is 117 Å². The average Bonchev–Trinajstić information content (AvgIpc) is 1.60. The molecule has 21 nitrogen and oxygen atoms in total. The summed E-state index contributed by atoms with van der Waals surface area (Å²) in [7, 11) is 0. The topological polar surface area (TPSA) is 333 Å². The summed E-state index contributed by atoms with van der Waals surface area (Å²) in [5.41, 5.74) is 0.0561. The fourth-order valence-corrected chi connectivity index (χ4v) is 15.9. The second-order valence-corrected chi connectivity index (χ2v) is 34.1. The third-order valence-corrected chi connectivity index (χ3v) is 18.8.